The Balaban J connectivity index is 1.47. The number of ether oxygens (including phenoxy) is 3. The van der Waals surface area contributed by atoms with Crippen molar-refractivity contribution in [2.24, 2.45) is 0 Å². The Morgan fingerprint density at radius 1 is 1.17 bits per heavy atom. The topological polar surface area (TPSA) is 85.6 Å². The Hall–Kier alpha value is -3.03. The highest BCUT2D eigenvalue weighted by atomic mass is 16.5. The number of H-pyrrole nitrogens is 1. The molecule has 2 heterocycles. The molecule has 1 aromatic heterocycles. The van der Waals surface area contributed by atoms with Gasteiger partial charge in [-0.2, -0.15) is 5.10 Å². The fourth-order valence-electron chi connectivity index (χ4n) is 3.40. The van der Waals surface area contributed by atoms with E-state index in [1.807, 2.05) is 48.6 Å². The van der Waals surface area contributed by atoms with E-state index in [1.165, 1.54) is 0 Å². The third kappa shape index (κ3) is 4.52. The number of nitrogens with zero attached hydrogens (tertiary/aromatic N) is 2. The lowest BCUT2D eigenvalue weighted by atomic mass is 10.1. The van der Waals surface area contributed by atoms with E-state index in [2.05, 4.69) is 15.1 Å². The van der Waals surface area contributed by atoms with Crippen LogP contribution in [0.2, 0.25) is 0 Å². The first-order chi connectivity index (χ1) is 14.2. The average molecular weight is 394 g/mol. The molecule has 7 heteroatoms. The first kappa shape index (κ1) is 19.3. The SMILES string of the molecule is COc1cc(/C=C/c2n[nH]c3ccccc23)c(N)cc1OCCN1CCOCC1. The minimum atomic E-state index is 0.574. The molecule has 3 N–H and O–H groups in total. The van der Waals surface area contributed by atoms with Gasteiger partial charge in [0.2, 0.25) is 0 Å². The number of hydrogen-bond acceptors (Lipinski definition) is 6. The van der Waals surface area contributed by atoms with E-state index in [0.717, 1.165) is 55.0 Å². The predicted octanol–water partition coefficient (Wildman–Crippen LogP) is 3.04. The maximum Gasteiger partial charge on any atom is 0.163 e. The number of rotatable bonds is 7. The Morgan fingerprint density at radius 3 is 2.83 bits per heavy atom. The van der Waals surface area contributed by atoms with Crippen LogP contribution in [-0.4, -0.2) is 61.7 Å². The minimum absolute atomic E-state index is 0.574. The molecule has 0 saturated carbocycles. The number of hydrogen-bond donors (Lipinski definition) is 2. The standard InChI is InChI=1S/C22H26N4O3/c1-27-21-14-16(6-7-20-17-4-2-3-5-19(17)24-25-20)18(23)15-22(21)29-13-10-26-8-11-28-12-9-26/h2-7,14-15H,8-13,23H2,1H3,(H,24,25)/b7-6+. The highest BCUT2D eigenvalue weighted by Crippen LogP contribution is 2.33. The molecular weight excluding hydrogens is 368 g/mol. The van der Waals surface area contributed by atoms with Gasteiger partial charge in [-0.05, 0) is 18.2 Å². The number of methoxy groups -OCH3 is 1. The summed E-state index contributed by atoms with van der Waals surface area (Å²) < 4.78 is 16.8. The van der Waals surface area contributed by atoms with Crippen LogP contribution >= 0.6 is 0 Å². The van der Waals surface area contributed by atoms with Crippen LogP contribution in [0.5, 0.6) is 11.5 Å². The van der Waals surface area contributed by atoms with Crippen LogP contribution < -0.4 is 15.2 Å². The molecule has 0 amide bonds. The van der Waals surface area contributed by atoms with Crippen LogP contribution in [0.4, 0.5) is 5.69 Å². The van der Waals surface area contributed by atoms with Crippen molar-refractivity contribution in [2.75, 3.05) is 52.3 Å². The summed E-state index contributed by atoms with van der Waals surface area (Å²) in [5, 5.41) is 8.46. The largest absolute Gasteiger partial charge is 0.493 e. The maximum absolute atomic E-state index is 6.27. The molecule has 0 atom stereocenters. The fraction of sp³-hybridized carbons (Fsp3) is 0.318. The number of nitrogens with one attached hydrogen (secondary N) is 1. The van der Waals surface area contributed by atoms with Crippen molar-refractivity contribution in [1.82, 2.24) is 15.1 Å². The number of morpholine rings is 1. The molecule has 0 unspecified atom stereocenters. The van der Waals surface area contributed by atoms with Crippen molar-refractivity contribution >= 4 is 28.7 Å². The molecule has 7 nitrogen and oxygen atoms in total. The number of aromatic nitrogens is 2. The quantitative estimate of drug-likeness (QED) is 0.599. The molecule has 3 aromatic rings. The zero-order chi connectivity index (χ0) is 20.1. The summed E-state index contributed by atoms with van der Waals surface area (Å²) in [4.78, 5) is 2.32. The summed E-state index contributed by atoms with van der Waals surface area (Å²) in [6.45, 7) is 4.86. The monoisotopic (exact) mass is 394 g/mol. The first-order valence-corrected chi connectivity index (χ1v) is 9.76. The maximum atomic E-state index is 6.27. The third-order valence-electron chi connectivity index (χ3n) is 5.06. The van der Waals surface area contributed by atoms with E-state index in [0.29, 0.717) is 23.8 Å². The van der Waals surface area contributed by atoms with Crippen LogP contribution in [0.15, 0.2) is 36.4 Å². The third-order valence-corrected chi connectivity index (χ3v) is 5.06. The molecule has 0 aliphatic carbocycles. The van der Waals surface area contributed by atoms with E-state index in [-0.39, 0.29) is 0 Å². The zero-order valence-electron chi connectivity index (χ0n) is 16.6. The number of aromatic amines is 1. The van der Waals surface area contributed by atoms with Crippen molar-refractivity contribution in [3.05, 3.63) is 47.7 Å². The average Bonchev–Trinajstić information content (AvgIpc) is 3.17. The molecule has 0 spiro atoms. The fourth-order valence-corrected chi connectivity index (χ4v) is 3.40. The van der Waals surface area contributed by atoms with Gasteiger partial charge in [0.05, 0.1) is 31.5 Å². The summed E-state index contributed by atoms with van der Waals surface area (Å²) in [5.41, 5.74) is 9.62. The van der Waals surface area contributed by atoms with Crippen LogP contribution in [0.25, 0.3) is 23.1 Å². The molecule has 4 rings (SSSR count). The zero-order valence-corrected chi connectivity index (χ0v) is 16.6. The minimum Gasteiger partial charge on any atom is -0.493 e. The van der Waals surface area contributed by atoms with Crippen molar-refractivity contribution < 1.29 is 14.2 Å². The van der Waals surface area contributed by atoms with Crippen molar-refractivity contribution in [2.45, 2.75) is 0 Å². The predicted molar refractivity (Wildman–Crippen MR) is 115 cm³/mol. The Kier molecular flexibility index (Phi) is 5.97. The van der Waals surface area contributed by atoms with Crippen LogP contribution in [0.1, 0.15) is 11.3 Å². The van der Waals surface area contributed by atoms with Crippen molar-refractivity contribution in [3.8, 4) is 11.5 Å². The number of benzene rings is 2. The highest BCUT2D eigenvalue weighted by Gasteiger charge is 2.12. The van der Waals surface area contributed by atoms with Crippen molar-refractivity contribution in [1.29, 1.82) is 0 Å². The summed E-state index contributed by atoms with van der Waals surface area (Å²) in [5.74, 6) is 1.31. The summed E-state index contributed by atoms with van der Waals surface area (Å²) in [6.07, 6.45) is 3.89. The Labute approximate surface area is 170 Å². The molecule has 2 aromatic carbocycles. The number of para-hydroxylation sites is 1. The van der Waals surface area contributed by atoms with E-state index in [1.54, 1.807) is 7.11 Å². The van der Waals surface area contributed by atoms with E-state index in [4.69, 9.17) is 19.9 Å². The van der Waals surface area contributed by atoms with Gasteiger partial charge >= 0.3 is 0 Å². The van der Waals surface area contributed by atoms with Gasteiger partial charge < -0.3 is 19.9 Å². The summed E-state index contributed by atoms with van der Waals surface area (Å²) in [7, 11) is 1.63. The molecular formula is C22H26N4O3. The molecule has 152 valence electrons. The molecule has 1 fully saturated rings. The van der Waals surface area contributed by atoms with Gasteiger partial charge in [-0.1, -0.05) is 24.3 Å². The van der Waals surface area contributed by atoms with Gasteiger partial charge in [-0.15, -0.1) is 0 Å². The smallest absolute Gasteiger partial charge is 0.163 e. The van der Waals surface area contributed by atoms with E-state index < -0.39 is 0 Å². The molecule has 1 aliphatic heterocycles. The molecule has 0 bridgehead atoms. The molecule has 1 aliphatic rings. The van der Waals surface area contributed by atoms with Crippen LogP contribution in [0, 0.1) is 0 Å². The van der Waals surface area contributed by atoms with Crippen molar-refractivity contribution in [3.63, 3.8) is 0 Å². The second-order valence-corrected chi connectivity index (χ2v) is 6.92. The van der Waals surface area contributed by atoms with Gasteiger partial charge in [0.1, 0.15) is 6.61 Å². The second-order valence-electron chi connectivity index (χ2n) is 6.92. The number of nitrogen functional groups attached to an aromatic ring is 1. The molecule has 29 heavy (non-hydrogen) atoms. The second kappa shape index (κ2) is 8.98. The lowest BCUT2D eigenvalue weighted by Gasteiger charge is -2.26. The number of fused-ring (bicyclic) bond motifs is 1. The molecule has 1 saturated heterocycles. The first-order valence-electron chi connectivity index (χ1n) is 9.76. The summed E-state index contributed by atoms with van der Waals surface area (Å²) >= 11 is 0. The van der Waals surface area contributed by atoms with Gasteiger partial charge in [-0.25, -0.2) is 0 Å². The lowest BCUT2D eigenvalue weighted by Crippen LogP contribution is -2.38. The van der Waals surface area contributed by atoms with Gasteiger partial charge in [0.15, 0.2) is 11.5 Å². The van der Waals surface area contributed by atoms with Gasteiger partial charge in [-0.3, -0.25) is 10.00 Å². The van der Waals surface area contributed by atoms with E-state index in [9.17, 15) is 0 Å². The molecule has 0 radical (unpaired) electrons. The van der Waals surface area contributed by atoms with E-state index >= 15 is 0 Å². The normalized spacial score (nSPS) is 15.2. The van der Waals surface area contributed by atoms with Gasteiger partial charge in [0.25, 0.3) is 0 Å². The lowest BCUT2D eigenvalue weighted by molar-refractivity contribution is 0.0321. The highest BCUT2D eigenvalue weighted by molar-refractivity contribution is 5.90. The Morgan fingerprint density at radius 2 is 2.00 bits per heavy atom. The number of anilines is 1. The van der Waals surface area contributed by atoms with Gasteiger partial charge in [0, 0.05) is 42.3 Å². The number of nitrogens with two attached hydrogens (primary N) is 1. The van der Waals surface area contributed by atoms with Crippen LogP contribution in [-0.2, 0) is 4.74 Å². The summed E-state index contributed by atoms with van der Waals surface area (Å²) in [6, 6.07) is 11.7. The van der Waals surface area contributed by atoms with Crippen LogP contribution in [0.3, 0.4) is 0 Å². The Bertz CT molecular complexity index is 993.